The van der Waals surface area contributed by atoms with Crippen molar-refractivity contribution in [3.63, 3.8) is 0 Å². The first-order chi connectivity index (χ1) is 9.01. The summed E-state index contributed by atoms with van der Waals surface area (Å²) >= 11 is 12.0. The van der Waals surface area contributed by atoms with E-state index in [0.29, 0.717) is 11.3 Å². The summed E-state index contributed by atoms with van der Waals surface area (Å²) in [7, 11) is 0. The second-order valence-electron chi connectivity index (χ2n) is 3.52. The summed E-state index contributed by atoms with van der Waals surface area (Å²) < 4.78 is 9.93. The van der Waals surface area contributed by atoms with Crippen LogP contribution in [0.3, 0.4) is 0 Å². The molecule has 19 heavy (non-hydrogen) atoms. The Hall–Kier alpha value is -1.46. The molecule has 0 aliphatic carbocycles. The van der Waals surface area contributed by atoms with Crippen LogP contribution in [0.15, 0.2) is 17.3 Å². The van der Waals surface area contributed by atoms with Crippen LogP contribution in [0.5, 0.6) is 5.75 Å². The maximum Gasteiger partial charge on any atom is 0.344 e. The predicted molar refractivity (Wildman–Crippen MR) is 72.6 cm³/mol. The summed E-state index contributed by atoms with van der Waals surface area (Å²) in [6, 6.07) is 3.13. The minimum Gasteiger partial charge on any atom is -0.480 e. The molecule has 0 saturated heterocycles. The highest BCUT2D eigenvalue weighted by Gasteiger charge is 2.14. The number of benzene rings is 1. The SMILES string of the molecule is CCOC(=O)COc1ccc(/C(C)=N/O)c(Cl)c1Cl. The quantitative estimate of drug-likeness (QED) is 0.393. The molecule has 0 aliphatic rings. The lowest BCUT2D eigenvalue weighted by molar-refractivity contribution is -0.145. The van der Waals surface area contributed by atoms with Crippen LogP contribution in [0.2, 0.25) is 10.0 Å². The van der Waals surface area contributed by atoms with Gasteiger partial charge in [0.2, 0.25) is 0 Å². The Bertz CT molecular complexity index is 503. The van der Waals surface area contributed by atoms with Crippen molar-refractivity contribution in [3.05, 3.63) is 27.7 Å². The first kappa shape index (κ1) is 15.6. The zero-order valence-electron chi connectivity index (χ0n) is 10.4. The number of nitrogens with zero attached hydrogens (tertiary/aromatic N) is 1. The highest BCUT2D eigenvalue weighted by Crippen LogP contribution is 2.35. The van der Waals surface area contributed by atoms with Gasteiger partial charge in [-0.25, -0.2) is 4.79 Å². The molecule has 0 saturated carbocycles. The molecule has 1 aromatic rings. The van der Waals surface area contributed by atoms with Crippen LogP contribution in [-0.2, 0) is 9.53 Å². The normalized spacial score (nSPS) is 11.3. The molecule has 1 aromatic carbocycles. The lowest BCUT2D eigenvalue weighted by atomic mass is 10.1. The molecule has 0 radical (unpaired) electrons. The number of rotatable bonds is 5. The first-order valence-corrected chi connectivity index (χ1v) is 6.22. The minimum absolute atomic E-state index is 0.145. The molecule has 0 atom stereocenters. The molecule has 1 rings (SSSR count). The highest BCUT2D eigenvalue weighted by atomic mass is 35.5. The van der Waals surface area contributed by atoms with Crippen LogP contribution in [0.25, 0.3) is 0 Å². The largest absolute Gasteiger partial charge is 0.480 e. The van der Waals surface area contributed by atoms with Crippen LogP contribution in [0.4, 0.5) is 0 Å². The van der Waals surface area contributed by atoms with Gasteiger partial charge in [-0.3, -0.25) is 0 Å². The number of hydrogen-bond acceptors (Lipinski definition) is 5. The van der Waals surface area contributed by atoms with Crippen molar-refractivity contribution in [1.82, 2.24) is 0 Å². The van der Waals surface area contributed by atoms with Gasteiger partial charge in [0.05, 0.1) is 17.3 Å². The molecule has 0 bridgehead atoms. The summed E-state index contributed by atoms with van der Waals surface area (Å²) in [5.74, 6) is -0.235. The molecule has 1 N–H and O–H groups in total. The summed E-state index contributed by atoms with van der Waals surface area (Å²) in [5, 5.41) is 12.1. The molecule has 0 fully saturated rings. The van der Waals surface area contributed by atoms with Crippen molar-refractivity contribution >= 4 is 34.9 Å². The monoisotopic (exact) mass is 305 g/mol. The van der Waals surface area contributed by atoms with Gasteiger partial charge < -0.3 is 14.7 Å². The molecule has 0 aliphatic heterocycles. The molecule has 0 spiro atoms. The number of carbonyl (C=O) groups is 1. The number of ether oxygens (including phenoxy) is 2. The van der Waals surface area contributed by atoms with E-state index in [-0.39, 0.29) is 29.0 Å². The molecular weight excluding hydrogens is 293 g/mol. The van der Waals surface area contributed by atoms with Crippen molar-refractivity contribution in [3.8, 4) is 5.75 Å². The number of halogens is 2. The van der Waals surface area contributed by atoms with Crippen LogP contribution in [0, 0.1) is 0 Å². The van der Waals surface area contributed by atoms with Crippen LogP contribution >= 0.6 is 23.2 Å². The van der Waals surface area contributed by atoms with E-state index in [1.54, 1.807) is 19.9 Å². The Labute approximate surface area is 120 Å². The van der Waals surface area contributed by atoms with E-state index < -0.39 is 5.97 Å². The Morgan fingerprint density at radius 1 is 1.37 bits per heavy atom. The zero-order valence-corrected chi connectivity index (χ0v) is 12.0. The summed E-state index contributed by atoms with van der Waals surface area (Å²) in [5.41, 5.74) is 0.807. The number of oxime groups is 1. The van der Waals surface area contributed by atoms with E-state index in [9.17, 15) is 4.79 Å². The third-order valence-corrected chi connectivity index (χ3v) is 3.10. The number of carbonyl (C=O) groups excluding carboxylic acids is 1. The lowest BCUT2D eigenvalue weighted by Gasteiger charge is -2.11. The number of esters is 1. The maximum absolute atomic E-state index is 11.2. The van der Waals surface area contributed by atoms with Crippen molar-refractivity contribution in [2.75, 3.05) is 13.2 Å². The lowest BCUT2D eigenvalue weighted by Crippen LogP contribution is -2.14. The molecule has 0 aromatic heterocycles. The van der Waals surface area contributed by atoms with Gasteiger partial charge in [-0.2, -0.15) is 0 Å². The van der Waals surface area contributed by atoms with Gasteiger partial charge in [0.1, 0.15) is 10.8 Å². The third-order valence-electron chi connectivity index (χ3n) is 2.24. The van der Waals surface area contributed by atoms with Gasteiger partial charge in [0.15, 0.2) is 6.61 Å². The van der Waals surface area contributed by atoms with Crippen molar-refractivity contribution in [2.45, 2.75) is 13.8 Å². The van der Waals surface area contributed by atoms with Crippen molar-refractivity contribution < 1.29 is 19.5 Å². The average molecular weight is 306 g/mol. The molecule has 7 heteroatoms. The molecule has 5 nitrogen and oxygen atoms in total. The van der Waals surface area contributed by atoms with E-state index in [1.807, 2.05) is 0 Å². The van der Waals surface area contributed by atoms with Gasteiger partial charge in [0, 0.05) is 5.56 Å². The summed E-state index contributed by atoms with van der Waals surface area (Å²) in [4.78, 5) is 11.2. The Morgan fingerprint density at radius 3 is 2.63 bits per heavy atom. The van der Waals surface area contributed by atoms with E-state index in [4.69, 9.17) is 37.9 Å². The Balaban J connectivity index is 2.88. The predicted octanol–water partition coefficient (Wildman–Crippen LogP) is 3.13. The Morgan fingerprint density at radius 2 is 2.05 bits per heavy atom. The van der Waals surface area contributed by atoms with E-state index >= 15 is 0 Å². The fourth-order valence-corrected chi connectivity index (χ4v) is 1.83. The van der Waals surface area contributed by atoms with Gasteiger partial charge in [-0.15, -0.1) is 0 Å². The molecular formula is C12H13Cl2NO4. The molecule has 0 amide bonds. The topological polar surface area (TPSA) is 68.1 Å². The van der Waals surface area contributed by atoms with Crippen LogP contribution in [-0.4, -0.2) is 30.1 Å². The van der Waals surface area contributed by atoms with E-state index in [1.165, 1.54) is 6.07 Å². The van der Waals surface area contributed by atoms with Crippen LogP contribution in [0.1, 0.15) is 19.4 Å². The first-order valence-electron chi connectivity index (χ1n) is 5.46. The van der Waals surface area contributed by atoms with Gasteiger partial charge >= 0.3 is 5.97 Å². The fraction of sp³-hybridized carbons (Fsp3) is 0.333. The van der Waals surface area contributed by atoms with E-state index in [0.717, 1.165) is 0 Å². The second kappa shape index (κ2) is 7.21. The standard InChI is InChI=1S/C12H13Cl2NO4/c1-3-18-10(16)6-19-9-5-4-8(7(2)15-17)11(13)12(9)14/h4-5,17H,3,6H2,1-2H3/b15-7+. The third kappa shape index (κ3) is 4.01. The average Bonchev–Trinajstić information content (AvgIpc) is 2.40. The molecule has 0 unspecified atom stereocenters. The van der Waals surface area contributed by atoms with E-state index in [2.05, 4.69) is 5.16 Å². The van der Waals surface area contributed by atoms with Crippen molar-refractivity contribution in [2.24, 2.45) is 5.16 Å². The molecule has 0 heterocycles. The minimum atomic E-state index is -0.494. The fourth-order valence-electron chi connectivity index (χ4n) is 1.32. The maximum atomic E-state index is 11.2. The summed E-state index contributed by atoms with van der Waals surface area (Å²) in [6.07, 6.45) is 0. The summed E-state index contributed by atoms with van der Waals surface area (Å²) in [6.45, 7) is 3.31. The van der Waals surface area contributed by atoms with Gasteiger partial charge in [-0.1, -0.05) is 28.4 Å². The molecule has 104 valence electrons. The van der Waals surface area contributed by atoms with Crippen LogP contribution < -0.4 is 4.74 Å². The number of hydrogen-bond donors (Lipinski definition) is 1. The van der Waals surface area contributed by atoms with Crippen molar-refractivity contribution in [1.29, 1.82) is 0 Å². The Kier molecular flexibility index (Phi) is 5.92. The second-order valence-corrected chi connectivity index (χ2v) is 4.27. The van der Waals surface area contributed by atoms with Gasteiger partial charge in [-0.05, 0) is 26.0 Å². The van der Waals surface area contributed by atoms with Gasteiger partial charge in [0.25, 0.3) is 0 Å². The smallest absolute Gasteiger partial charge is 0.344 e. The zero-order chi connectivity index (χ0) is 14.4. The highest BCUT2D eigenvalue weighted by molar-refractivity contribution is 6.44.